The Morgan fingerprint density at radius 2 is 2.12 bits per heavy atom. The Morgan fingerprint density at radius 1 is 1.35 bits per heavy atom. The van der Waals surface area contributed by atoms with E-state index < -0.39 is 11.6 Å². The lowest BCUT2D eigenvalue weighted by molar-refractivity contribution is -0.119. The largest absolute Gasteiger partial charge is 0.374 e. The van der Waals surface area contributed by atoms with Gasteiger partial charge in [0.15, 0.2) is 0 Å². The maximum absolute atomic E-state index is 13.2. The molecule has 0 aromatic heterocycles. The lowest BCUT2D eigenvalue weighted by atomic mass is 10.3. The van der Waals surface area contributed by atoms with Crippen LogP contribution in [0.25, 0.3) is 0 Å². The van der Waals surface area contributed by atoms with Crippen molar-refractivity contribution in [3.8, 4) is 0 Å². The Kier molecular flexibility index (Phi) is 5.39. The van der Waals surface area contributed by atoms with E-state index >= 15 is 0 Å². The van der Waals surface area contributed by atoms with E-state index in [2.05, 4.69) is 10.6 Å². The van der Waals surface area contributed by atoms with Crippen LogP contribution in [0.5, 0.6) is 0 Å². The summed E-state index contributed by atoms with van der Waals surface area (Å²) < 4.78 is 26.0. The van der Waals surface area contributed by atoms with Gasteiger partial charge in [-0.2, -0.15) is 0 Å². The monoisotopic (exact) mass is 242 g/mol. The van der Waals surface area contributed by atoms with E-state index in [0.29, 0.717) is 6.54 Å². The van der Waals surface area contributed by atoms with Crippen LogP contribution in [-0.2, 0) is 4.79 Å². The van der Waals surface area contributed by atoms with E-state index in [1.54, 1.807) is 0 Å². The van der Waals surface area contributed by atoms with Crippen molar-refractivity contribution in [3.05, 3.63) is 29.8 Å². The van der Waals surface area contributed by atoms with Crippen LogP contribution in [0, 0.1) is 11.6 Å². The Hall–Kier alpha value is -1.65. The van der Waals surface area contributed by atoms with Gasteiger partial charge in [-0.05, 0) is 24.6 Å². The molecule has 3 nitrogen and oxygen atoms in total. The minimum absolute atomic E-state index is 0.00404. The predicted molar refractivity (Wildman–Crippen MR) is 62.8 cm³/mol. The maximum Gasteiger partial charge on any atom is 0.239 e. The first-order valence-corrected chi connectivity index (χ1v) is 5.59. The van der Waals surface area contributed by atoms with E-state index in [1.807, 2.05) is 6.92 Å². The summed E-state index contributed by atoms with van der Waals surface area (Å²) in [7, 11) is 0. The van der Waals surface area contributed by atoms with E-state index in [1.165, 1.54) is 0 Å². The lowest BCUT2D eigenvalue weighted by Crippen LogP contribution is -2.30. The summed E-state index contributed by atoms with van der Waals surface area (Å²) >= 11 is 0. The van der Waals surface area contributed by atoms with Gasteiger partial charge in [-0.3, -0.25) is 4.79 Å². The number of nitrogens with one attached hydrogen (secondary N) is 2. The second-order valence-electron chi connectivity index (χ2n) is 3.68. The van der Waals surface area contributed by atoms with Crippen molar-refractivity contribution in [1.29, 1.82) is 0 Å². The fourth-order valence-corrected chi connectivity index (χ4v) is 1.28. The molecule has 0 heterocycles. The molecule has 0 saturated heterocycles. The summed E-state index contributed by atoms with van der Waals surface area (Å²) in [6.45, 7) is 2.55. The predicted octanol–water partition coefficient (Wildman–Crippen LogP) is 2.29. The first kappa shape index (κ1) is 13.4. The number of carbonyl (C=O) groups is 1. The number of hydrogen-bond acceptors (Lipinski definition) is 2. The van der Waals surface area contributed by atoms with Crippen molar-refractivity contribution < 1.29 is 13.6 Å². The molecule has 0 unspecified atom stereocenters. The number of benzene rings is 1. The summed E-state index contributed by atoms with van der Waals surface area (Å²) in [5, 5.41) is 5.22. The summed E-state index contributed by atoms with van der Waals surface area (Å²) in [4.78, 5) is 11.3. The summed E-state index contributed by atoms with van der Waals surface area (Å²) in [6, 6.07) is 3.07. The zero-order chi connectivity index (χ0) is 12.7. The fraction of sp³-hybridized carbons (Fsp3) is 0.417. The number of unbranched alkanes of at least 4 members (excludes halogenated alkanes) is 1. The Bertz CT molecular complexity index is 383. The molecular formula is C12H16F2N2O. The van der Waals surface area contributed by atoms with Gasteiger partial charge in [0.2, 0.25) is 5.91 Å². The minimum atomic E-state index is -0.576. The zero-order valence-electron chi connectivity index (χ0n) is 9.72. The van der Waals surface area contributed by atoms with Gasteiger partial charge in [0.1, 0.15) is 11.6 Å². The number of carbonyl (C=O) groups excluding carboxylic acids is 1. The van der Waals surface area contributed by atoms with Gasteiger partial charge in [-0.25, -0.2) is 8.78 Å². The number of anilines is 1. The topological polar surface area (TPSA) is 41.1 Å². The molecule has 1 rings (SSSR count). The quantitative estimate of drug-likeness (QED) is 0.751. The van der Waals surface area contributed by atoms with Gasteiger partial charge in [0.25, 0.3) is 0 Å². The van der Waals surface area contributed by atoms with Crippen molar-refractivity contribution in [2.24, 2.45) is 0 Å². The SMILES string of the molecule is CCCCNC(=O)CNc1cc(F)ccc1F. The molecule has 0 saturated carbocycles. The Morgan fingerprint density at radius 3 is 2.82 bits per heavy atom. The van der Waals surface area contributed by atoms with Crippen LogP contribution in [0.1, 0.15) is 19.8 Å². The number of amides is 1. The van der Waals surface area contributed by atoms with Crippen LogP contribution >= 0.6 is 0 Å². The van der Waals surface area contributed by atoms with Crippen LogP contribution in [0.2, 0.25) is 0 Å². The van der Waals surface area contributed by atoms with Crippen molar-refractivity contribution in [2.75, 3.05) is 18.4 Å². The van der Waals surface area contributed by atoms with Crippen LogP contribution in [-0.4, -0.2) is 19.0 Å². The third-order valence-corrected chi connectivity index (χ3v) is 2.22. The van der Waals surface area contributed by atoms with Crippen LogP contribution in [0.3, 0.4) is 0 Å². The number of rotatable bonds is 6. The average Bonchev–Trinajstić information content (AvgIpc) is 2.31. The molecular weight excluding hydrogens is 226 g/mol. The fourth-order valence-electron chi connectivity index (χ4n) is 1.28. The first-order valence-electron chi connectivity index (χ1n) is 5.59. The van der Waals surface area contributed by atoms with Gasteiger partial charge in [-0.15, -0.1) is 0 Å². The standard InChI is InChI=1S/C12H16F2N2O/c1-2-3-6-15-12(17)8-16-11-7-9(13)4-5-10(11)14/h4-5,7,16H,2-3,6,8H2,1H3,(H,15,17). The Balaban J connectivity index is 2.39. The molecule has 0 atom stereocenters. The minimum Gasteiger partial charge on any atom is -0.374 e. The van der Waals surface area contributed by atoms with Crippen LogP contribution in [0.4, 0.5) is 14.5 Å². The molecule has 0 fully saturated rings. The molecule has 0 bridgehead atoms. The summed E-state index contributed by atoms with van der Waals surface area (Å²) in [5.41, 5.74) is -0.00404. The third kappa shape index (κ3) is 4.80. The molecule has 5 heteroatoms. The van der Waals surface area contributed by atoms with Crippen molar-refractivity contribution in [3.63, 3.8) is 0 Å². The van der Waals surface area contributed by atoms with Crippen molar-refractivity contribution in [1.82, 2.24) is 5.32 Å². The highest BCUT2D eigenvalue weighted by Crippen LogP contribution is 2.14. The normalized spacial score (nSPS) is 10.1. The highest BCUT2D eigenvalue weighted by molar-refractivity contribution is 5.80. The van der Waals surface area contributed by atoms with Crippen molar-refractivity contribution in [2.45, 2.75) is 19.8 Å². The highest BCUT2D eigenvalue weighted by atomic mass is 19.1. The average molecular weight is 242 g/mol. The highest BCUT2D eigenvalue weighted by Gasteiger charge is 2.05. The van der Waals surface area contributed by atoms with Gasteiger partial charge in [0, 0.05) is 6.54 Å². The number of hydrogen-bond donors (Lipinski definition) is 2. The van der Waals surface area contributed by atoms with Crippen molar-refractivity contribution >= 4 is 11.6 Å². The van der Waals surface area contributed by atoms with Gasteiger partial charge >= 0.3 is 0 Å². The zero-order valence-corrected chi connectivity index (χ0v) is 9.72. The molecule has 2 N–H and O–H groups in total. The smallest absolute Gasteiger partial charge is 0.239 e. The molecule has 0 aliphatic heterocycles. The Labute approximate surface area is 99.2 Å². The summed E-state index contributed by atoms with van der Waals surface area (Å²) in [6.07, 6.45) is 1.90. The molecule has 0 aliphatic rings. The molecule has 17 heavy (non-hydrogen) atoms. The lowest BCUT2D eigenvalue weighted by Gasteiger charge is -2.08. The van der Waals surface area contributed by atoms with Gasteiger partial charge in [-0.1, -0.05) is 13.3 Å². The van der Waals surface area contributed by atoms with Gasteiger partial charge < -0.3 is 10.6 Å². The van der Waals surface area contributed by atoms with E-state index in [9.17, 15) is 13.6 Å². The second-order valence-corrected chi connectivity index (χ2v) is 3.68. The molecule has 0 radical (unpaired) electrons. The first-order chi connectivity index (χ1) is 8.13. The second kappa shape index (κ2) is 6.83. The maximum atomic E-state index is 13.2. The third-order valence-electron chi connectivity index (χ3n) is 2.22. The summed E-state index contributed by atoms with van der Waals surface area (Å²) in [5.74, 6) is -1.35. The molecule has 94 valence electrons. The van der Waals surface area contributed by atoms with Crippen LogP contribution < -0.4 is 10.6 Å². The van der Waals surface area contributed by atoms with E-state index in [-0.39, 0.29) is 18.1 Å². The molecule has 1 aromatic carbocycles. The van der Waals surface area contributed by atoms with E-state index in [0.717, 1.165) is 31.0 Å². The van der Waals surface area contributed by atoms with Crippen LogP contribution in [0.15, 0.2) is 18.2 Å². The molecule has 1 aromatic rings. The molecule has 1 amide bonds. The molecule has 0 aliphatic carbocycles. The molecule has 0 spiro atoms. The number of halogens is 2. The van der Waals surface area contributed by atoms with E-state index in [4.69, 9.17) is 0 Å². The van der Waals surface area contributed by atoms with Gasteiger partial charge in [0.05, 0.1) is 12.2 Å².